The van der Waals surface area contributed by atoms with Crippen molar-refractivity contribution in [3.63, 3.8) is 0 Å². The SMILES string of the molecule is COCC(C)CNC(=O)NC1C=CC(C(=O)O)C1. The molecule has 0 bridgehead atoms. The van der Waals surface area contributed by atoms with E-state index in [1.54, 1.807) is 19.3 Å². The van der Waals surface area contributed by atoms with E-state index >= 15 is 0 Å². The molecule has 3 atom stereocenters. The van der Waals surface area contributed by atoms with Gasteiger partial charge in [-0.1, -0.05) is 19.1 Å². The molecule has 0 saturated heterocycles. The number of aliphatic carboxylic acids is 1. The van der Waals surface area contributed by atoms with Crippen LogP contribution >= 0.6 is 0 Å². The summed E-state index contributed by atoms with van der Waals surface area (Å²) >= 11 is 0. The molecule has 6 heteroatoms. The lowest BCUT2D eigenvalue weighted by atomic mass is 10.1. The molecule has 0 aromatic heterocycles. The van der Waals surface area contributed by atoms with Gasteiger partial charge in [0.15, 0.2) is 0 Å². The molecule has 2 amide bonds. The minimum absolute atomic E-state index is 0.205. The molecule has 0 aromatic rings. The van der Waals surface area contributed by atoms with Crippen molar-refractivity contribution in [2.45, 2.75) is 19.4 Å². The largest absolute Gasteiger partial charge is 0.481 e. The highest BCUT2D eigenvalue weighted by atomic mass is 16.5. The molecule has 0 radical (unpaired) electrons. The Morgan fingerprint density at radius 1 is 1.50 bits per heavy atom. The molecule has 3 unspecified atom stereocenters. The molecule has 1 rings (SSSR count). The number of carboxylic acids is 1. The summed E-state index contributed by atoms with van der Waals surface area (Å²) in [5.41, 5.74) is 0. The third-order valence-electron chi connectivity index (χ3n) is 2.78. The van der Waals surface area contributed by atoms with Crippen LogP contribution in [0.15, 0.2) is 12.2 Å². The van der Waals surface area contributed by atoms with E-state index in [4.69, 9.17) is 9.84 Å². The molecule has 0 aromatic carbocycles. The highest BCUT2D eigenvalue weighted by Crippen LogP contribution is 2.17. The van der Waals surface area contributed by atoms with Gasteiger partial charge in [0, 0.05) is 13.7 Å². The Morgan fingerprint density at radius 2 is 2.22 bits per heavy atom. The van der Waals surface area contributed by atoms with Crippen LogP contribution in [0.25, 0.3) is 0 Å². The van der Waals surface area contributed by atoms with E-state index in [1.165, 1.54) is 0 Å². The van der Waals surface area contributed by atoms with Gasteiger partial charge >= 0.3 is 12.0 Å². The van der Waals surface area contributed by atoms with Crippen molar-refractivity contribution in [2.75, 3.05) is 20.3 Å². The molecule has 3 N–H and O–H groups in total. The predicted molar refractivity (Wildman–Crippen MR) is 66.2 cm³/mol. The lowest BCUT2D eigenvalue weighted by Gasteiger charge is -2.15. The number of carboxylic acid groups (broad SMARTS) is 1. The fourth-order valence-corrected chi connectivity index (χ4v) is 1.82. The Kier molecular flexibility index (Phi) is 5.64. The van der Waals surface area contributed by atoms with Crippen molar-refractivity contribution in [3.05, 3.63) is 12.2 Å². The number of nitrogens with one attached hydrogen (secondary N) is 2. The highest BCUT2D eigenvalue weighted by molar-refractivity contribution is 5.76. The fourth-order valence-electron chi connectivity index (χ4n) is 1.82. The first kappa shape index (κ1) is 14.5. The van der Waals surface area contributed by atoms with E-state index in [1.807, 2.05) is 6.92 Å². The fraction of sp³-hybridized carbons (Fsp3) is 0.667. The van der Waals surface area contributed by atoms with Crippen LogP contribution in [-0.4, -0.2) is 43.4 Å². The van der Waals surface area contributed by atoms with Gasteiger partial charge in [-0.3, -0.25) is 4.79 Å². The monoisotopic (exact) mass is 256 g/mol. The minimum Gasteiger partial charge on any atom is -0.481 e. The average molecular weight is 256 g/mol. The topological polar surface area (TPSA) is 87.7 Å². The molecule has 0 fully saturated rings. The van der Waals surface area contributed by atoms with E-state index in [-0.39, 0.29) is 18.0 Å². The van der Waals surface area contributed by atoms with Gasteiger partial charge in [-0.15, -0.1) is 0 Å². The molecule has 0 spiro atoms. The Bertz CT molecular complexity index is 330. The van der Waals surface area contributed by atoms with E-state index < -0.39 is 11.9 Å². The van der Waals surface area contributed by atoms with Crippen molar-refractivity contribution in [1.29, 1.82) is 0 Å². The van der Waals surface area contributed by atoms with Gasteiger partial charge in [0.25, 0.3) is 0 Å². The van der Waals surface area contributed by atoms with Crippen LogP contribution < -0.4 is 10.6 Å². The maximum Gasteiger partial charge on any atom is 0.315 e. The smallest absolute Gasteiger partial charge is 0.315 e. The van der Waals surface area contributed by atoms with Crippen LogP contribution in [0, 0.1) is 11.8 Å². The maximum absolute atomic E-state index is 11.5. The van der Waals surface area contributed by atoms with Crippen molar-refractivity contribution in [3.8, 4) is 0 Å². The van der Waals surface area contributed by atoms with Gasteiger partial charge < -0.3 is 20.5 Å². The zero-order chi connectivity index (χ0) is 13.5. The standard InChI is InChI=1S/C12H20N2O4/c1-8(7-18-2)6-13-12(17)14-10-4-3-9(5-10)11(15)16/h3-4,8-10H,5-7H2,1-2H3,(H,15,16)(H2,13,14,17). The molecule has 18 heavy (non-hydrogen) atoms. The van der Waals surface area contributed by atoms with Gasteiger partial charge in [-0.25, -0.2) is 4.79 Å². The zero-order valence-electron chi connectivity index (χ0n) is 10.7. The summed E-state index contributed by atoms with van der Waals surface area (Å²) < 4.78 is 4.96. The molecule has 1 aliphatic rings. The number of ether oxygens (including phenoxy) is 1. The third-order valence-corrected chi connectivity index (χ3v) is 2.78. The first-order valence-corrected chi connectivity index (χ1v) is 5.97. The third kappa shape index (κ3) is 4.75. The quantitative estimate of drug-likeness (QED) is 0.607. The molecular weight excluding hydrogens is 236 g/mol. The average Bonchev–Trinajstić information content (AvgIpc) is 2.75. The van der Waals surface area contributed by atoms with Gasteiger partial charge in [-0.05, 0) is 12.3 Å². The number of methoxy groups -OCH3 is 1. The minimum atomic E-state index is -0.857. The van der Waals surface area contributed by atoms with Crippen LogP contribution in [0.5, 0.6) is 0 Å². The van der Waals surface area contributed by atoms with Crippen molar-refractivity contribution >= 4 is 12.0 Å². The van der Waals surface area contributed by atoms with E-state index in [0.29, 0.717) is 19.6 Å². The molecule has 0 heterocycles. The summed E-state index contributed by atoms with van der Waals surface area (Å²) in [6, 6.07) is -0.484. The number of carbonyl (C=O) groups is 2. The number of amides is 2. The Labute approximate surface area is 106 Å². The number of carbonyl (C=O) groups excluding carboxylic acids is 1. The van der Waals surface area contributed by atoms with Crippen LogP contribution in [-0.2, 0) is 9.53 Å². The van der Waals surface area contributed by atoms with Crippen LogP contribution in [0.1, 0.15) is 13.3 Å². The second-order valence-corrected chi connectivity index (χ2v) is 4.59. The van der Waals surface area contributed by atoms with Crippen molar-refractivity contribution < 1.29 is 19.4 Å². The van der Waals surface area contributed by atoms with Crippen LogP contribution in [0.2, 0.25) is 0 Å². The number of hydrogen-bond donors (Lipinski definition) is 3. The van der Waals surface area contributed by atoms with Crippen LogP contribution in [0.4, 0.5) is 4.79 Å². The van der Waals surface area contributed by atoms with E-state index in [0.717, 1.165) is 0 Å². The Hall–Kier alpha value is -1.56. The number of urea groups is 1. The highest BCUT2D eigenvalue weighted by Gasteiger charge is 2.25. The van der Waals surface area contributed by atoms with E-state index in [9.17, 15) is 9.59 Å². The molecule has 1 aliphatic carbocycles. The summed E-state index contributed by atoms with van der Waals surface area (Å²) in [5, 5.41) is 14.3. The number of rotatable bonds is 6. The molecule has 0 aliphatic heterocycles. The summed E-state index contributed by atoms with van der Waals surface area (Å²) in [5.74, 6) is -1.11. The van der Waals surface area contributed by atoms with Crippen molar-refractivity contribution in [1.82, 2.24) is 10.6 Å². The second-order valence-electron chi connectivity index (χ2n) is 4.59. The predicted octanol–water partition coefficient (Wildman–Crippen LogP) is 0.597. The lowest BCUT2D eigenvalue weighted by molar-refractivity contribution is -0.140. The van der Waals surface area contributed by atoms with Gasteiger partial charge in [0.2, 0.25) is 0 Å². The van der Waals surface area contributed by atoms with Gasteiger partial charge in [0.05, 0.1) is 18.6 Å². The first-order chi connectivity index (χ1) is 8.52. The normalized spacial score (nSPS) is 23.7. The summed E-state index contributed by atoms with van der Waals surface area (Å²) in [6.45, 7) is 3.09. The summed E-state index contributed by atoms with van der Waals surface area (Å²) in [6.07, 6.45) is 3.74. The lowest BCUT2D eigenvalue weighted by Crippen LogP contribution is -2.42. The van der Waals surface area contributed by atoms with E-state index in [2.05, 4.69) is 10.6 Å². The molecule has 102 valence electrons. The Balaban J connectivity index is 2.22. The molecule has 6 nitrogen and oxygen atoms in total. The maximum atomic E-state index is 11.5. The summed E-state index contributed by atoms with van der Waals surface area (Å²) in [7, 11) is 1.62. The first-order valence-electron chi connectivity index (χ1n) is 5.97. The molecular formula is C12H20N2O4. The zero-order valence-corrected chi connectivity index (χ0v) is 10.7. The van der Waals surface area contributed by atoms with Gasteiger partial charge in [-0.2, -0.15) is 0 Å². The second kappa shape index (κ2) is 7.00. The summed E-state index contributed by atoms with van der Waals surface area (Å²) in [4.78, 5) is 22.3. The van der Waals surface area contributed by atoms with Gasteiger partial charge in [0.1, 0.15) is 0 Å². The Morgan fingerprint density at radius 3 is 2.78 bits per heavy atom. The molecule has 0 saturated carbocycles. The van der Waals surface area contributed by atoms with Crippen LogP contribution in [0.3, 0.4) is 0 Å². The number of hydrogen-bond acceptors (Lipinski definition) is 3. The van der Waals surface area contributed by atoms with Crippen molar-refractivity contribution in [2.24, 2.45) is 11.8 Å².